The highest BCUT2D eigenvalue weighted by Gasteiger charge is 2.26. The Kier molecular flexibility index (Phi) is 3.41. The monoisotopic (exact) mass is 321 g/mol. The van der Waals surface area contributed by atoms with Gasteiger partial charge in [0.25, 0.3) is 0 Å². The molecule has 1 aromatic heterocycles. The Bertz CT molecular complexity index is 915. The number of aromatic amines is 1. The van der Waals surface area contributed by atoms with Gasteiger partial charge in [-0.05, 0) is 30.2 Å². The average Bonchev–Trinajstić information content (AvgIpc) is 3.16. The van der Waals surface area contributed by atoms with Gasteiger partial charge in [0.05, 0.1) is 25.6 Å². The minimum absolute atomic E-state index is 0.726. The second kappa shape index (κ2) is 5.60. The summed E-state index contributed by atoms with van der Waals surface area (Å²) >= 11 is 0. The molecule has 122 valence electrons. The lowest BCUT2D eigenvalue weighted by Crippen LogP contribution is -1.98. The van der Waals surface area contributed by atoms with Crippen molar-refractivity contribution in [2.24, 2.45) is 0 Å². The van der Waals surface area contributed by atoms with Crippen molar-refractivity contribution in [2.75, 3.05) is 19.5 Å². The fourth-order valence-corrected chi connectivity index (χ4v) is 3.24. The van der Waals surface area contributed by atoms with Crippen LogP contribution in [0.1, 0.15) is 16.7 Å². The van der Waals surface area contributed by atoms with Gasteiger partial charge < -0.3 is 14.8 Å². The third-order valence-electron chi connectivity index (χ3n) is 4.55. The lowest BCUT2D eigenvalue weighted by Gasteiger charge is -2.12. The number of nitrogens with one attached hydrogen (secondary N) is 2. The molecule has 2 aromatic carbocycles. The first kappa shape index (κ1) is 14.6. The first-order valence-corrected chi connectivity index (χ1v) is 7.86. The summed E-state index contributed by atoms with van der Waals surface area (Å²) in [5.74, 6) is 2.39. The molecule has 0 spiro atoms. The number of anilines is 2. The van der Waals surface area contributed by atoms with Crippen molar-refractivity contribution in [3.8, 4) is 22.8 Å². The number of nitrogens with zero attached hydrogens (tertiary/aromatic N) is 1. The molecule has 0 aliphatic heterocycles. The molecule has 1 aliphatic rings. The molecule has 24 heavy (non-hydrogen) atoms. The highest BCUT2D eigenvalue weighted by molar-refractivity contribution is 5.81. The number of rotatable bonds is 4. The van der Waals surface area contributed by atoms with Crippen molar-refractivity contribution in [1.82, 2.24) is 10.2 Å². The SMILES string of the molecule is COc1ccc(Nc2[nH]nc3c2Cc2c(C)cccc2-3)c(OC)c1. The predicted molar refractivity (Wildman–Crippen MR) is 94.4 cm³/mol. The van der Waals surface area contributed by atoms with Crippen LogP contribution < -0.4 is 14.8 Å². The molecule has 4 rings (SSSR count). The van der Waals surface area contributed by atoms with Crippen LogP contribution in [0.2, 0.25) is 0 Å². The highest BCUT2D eigenvalue weighted by atomic mass is 16.5. The number of methoxy groups -OCH3 is 2. The Balaban J connectivity index is 1.70. The van der Waals surface area contributed by atoms with Crippen molar-refractivity contribution in [3.63, 3.8) is 0 Å². The van der Waals surface area contributed by atoms with Crippen LogP contribution in [0.5, 0.6) is 11.5 Å². The van der Waals surface area contributed by atoms with Gasteiger partial charge in [-0.2, -0.15) is 5.10 Å². The van der Waals surface area contributed by atoms with Crippen LogP contribution in [0.25, 0.3) is 11.3 Å². The van der Waals surface area contributed by atoms with Crippen molar-refractivity contribution < 1.29 is 9.47 Å². The largest absolute Gasteiger partial charge is 0.497 e. The van der Waals surface area contributed by atoms with Crippen LogP contribution in [0.3, 0.4) is 0 Å². The van der Waals surface area contributed by atoms with Gasteiger partial charge in [0.15, 0.2) is 0 Å². The summed E-state index contributed by atoms with van der Waals surface area (Å²) in [4.78, 5) is 0. The average molecular weight is 321 g/mol. The van der Waals surface area contributed by atoms with Crippen LogP contribution in [-0.2, 0) is 6.42 Å². The summed E-state index contributed by atoms with van der Waals surface area (Å²) in [7, 11) is 3.29. The van der Waals surface area contributed by atoms with E-state index in [1.165, 1.54) is 22.3 Å². The summed E-state index contributed by atoms with van der Waals surface area (Å²) in [5.41, 5.74) is 6.97. The quantitative estimate of drug-likeness (QED) is 0.595. The lowest BCUT2D eigenvalue weighted by atomic mass is 10.0. The van der Waals surface area contributed by atoms with Gasteiger partial charge in [-0.1, -0.05) is 18.2 Å². The standard InChI is InChI=1S/C19H19N3O2/c1-11-5-4-6-13-14(11)10-15-18(13)21-22-19(15)20-16-8-7-12(23-2)9-17(16)24-3/h4-9H,10H2,1-3H3,(H2,20,21,22). The molecular weight excluding hydrogens is 302 g/mol. The topological polar surface area (TPSA) is 59.2 Å². The molecule has 0 saturated carbocycles. The first-order valence-electron chi connectivity index (χ1n) is 7.86. The normalized spacial score (nSPS) is 11.8. The van der Waals surface area contributed by atoms with Crippen LogP contribution in [-0.4, -0.2) is 24.4 Å². The van der Waals surface area contributed by atoms with Crippen molar-refractivity contribution in [3.05, 3.63) is 53.1 Å². The smallest absolute Gasteiger partial charge is 0.146 e. The highest BCUT2D eigenvalue weighted by Crippen LogP contribution is 2.41. The van der Waals surface area contributed by atoms with Gasteiger partial charge in [0.1, 0.15) is 17.3 Å². The van der Waals surface area contributed by atoms with E-state index in [4.69, 9.17) is 9.47 Å². The first-order chi connectivity index (χ1) is 11.7. The third-order valence-corrected chi connectivity index (χ3v) is 4.55. The van der Waals surface area contributed by atoms with E-state index in [2.05, 4.69) is 40.6 Å². The van der Waals surface area contributed by atoms with Crippen LogP contribution >= 0.6 is 0 Å². The molecule has 0 fully saturated rings. The second-order valence-corrected chi connectivity index (χ2v) is 5.89. The van der Waals surface area contributed by atoms with E-state index >= 15 is 0 Å². The molecule has 5 heteroatoms. The van der Waals surface area contributed by atoms with E-state index in [1.807, 2.05) is 18.2 Å². The molecule has 2 N–H and O–H groups in total. The Morgan fingerprint density at radius 3 is 2.75 bits per heavy atom. The van der Waals surface area contributed by atoms with E-state index in [-0.39, 0.29) is 0 Å². The number of hydrogen-bond donors (Lipinski definition) is 2. The summed E-state index contributed by atoms with van der Waals surface area (Å²) in [6.07, 6.45) is 0.884. The van der Waals surface area contributed by atoms with E-state index in [0.29, 0.717) is 0 Å². The fraction of sp³-hybridized carbons (Fsp3) is 0.211. The van der Waals surface area contributed by atoms with Crippen LogP contribution in [0.4, 0.5) is 11.5 Å². The zero-order chi connectivity index (χ0) is 16.7. The number of fused-ring (bicyclic) bond motifs is 3. The molecule has 0 unspecified atom stereocenters. The number of hydrogen-bond acceptors (Lipinski definition) is 4. The van der Waals surface area contributed by atoms with Gasteiger partial charge in [-0.3, -0.25) is 5.10 Å². The third kappa shape index (κ3) is 2.21. The molecule has 0 atom stereocenters. The van der Waals surface area contributed by atoms with Gasteiger partial charge in [-0.25, -0.2) is 0 Å². The number of aryl methyl sites for hydroxylation is 1. The molecule has 1 heterocycles. The number of aromatic nitrogens is 2. The molecule has 5 nitrogen and oxygen atoms in total. The van der Waals surface area contributed by atoms with E-state index in [0.717, 1.165) is 35.1 Å². The molecule has 0 amide bonds. The van der Waals surface area contributed by atoms with Gasteiger partial charge in [-0.15, -0.1) is 0 Å². The van der Waals surface area contributed by atoms with E-state index in [9.17, 15) is 0 Å². The van der Waals surface area contributed by atoms with Gasteiger partial charge >= 0.3 is 0 Å². The summed E-state index contributed by atoms with van der Waals surface area (Å²) in [6.45, 7) is 2.15. The van der Waals surface area contributed by atoms with Crippen molar-refractivity contribution >= 4 is 11.5 Å². The van der Waals surface area contributed by atoms with Crippen LogP contribution in [0.15, 0.2) is 36.4 Å². The van der Waals surface area contributed by atoms with E-state index < -0.39 is 0 Å². The Hall–Kier alpha value is -2.95. The molecule has 1 aliphatic carbocycles. The van der Waals surface area contributed by atoms with Gasteiger partial charge in [0.2, 0.25) is 0 Å². The maximum absolute atomic E-state index is 5.46. The summed E-state index contributed by atoms with van der Waals surface area (Å²) in [6, 6.07) is 12.1. The van der Waals surface area contributed by atoms with Crippen molar-refractivity contribution in [2.45, 2.75) is 13.3 Å². The predicted octanol–water partition coefficient (Wildman–Crippen LogP) is 4.05. The fourth-order valence-electron chi connectivity index (χ4n) is 3.24. The molecule has 0 saturated heterocycles. The lowest BCUT2D eigenvalue weighted by molar-refractivity contribution is 0.395. The van der Waals surface area contributed by atoms with Crippen molar-refractivity contribution in [1.29, 1.82) is 0 Å². The molecule has 3 aromatic rings. The number of H-pyrrole nitrogens is 1. The summed E-state index contributed by atoms with van der Waals surface area (Å²) < 4.78 is 10.7. The molecule has 0 radical (unpaired) electrons. The zero-order valence-electron chi connectivity index (χ0n) is 13.9. The minimum atomic E-state index is 0.726. The Morgan fingerprint density at radius 2 is 1.96 bits per heavy atom. The van der Waals surface area contributed by atoms with E-state index in [1.54, 1.807) is 14.2 Å². The number of ether oxygens (including phenoxy) is 2. The minimum Gasteiger partial charge on any atom is -0.497 e. The number of benzene rings is 2. The maximum Gasteiger partial charge on any atom is 0.146 e. The molecular formula is C19H19N3O2. The summed E-state index contributed by atoms with van der Waals surface area (Å²) in [5, 5.41) is 11.0. The van der Waals surface area contributed by atoms with Crippen LogP contribution in [0, 0.1) is 6.92 Å². The van der Waals surface area contributed by atoms with Gasteiger partial charge in [0, 0.05) is 23.6 Å². The second-order valence-electron chi connectivity index (χ2n) is 5.89. The zero-order valence-corrected chi connectivity index (χ0v) is 13.9. The Labute approximate surface area is 140 Å². The maximum atomic E-state index is 5.46. The Morgan fingerprint density at radius 1 is 1.08 bits per heavy atom. The molecule has 0 bridgehead atoms.